The van der Waals surface area contributed by atoms with Gasteiger partial charge in [-0.1, -0.05) is 30.3 Å². The van der Waals surface area contributed by atoms with Crippen molar-refractivity contribution in [3.63, 3.8) is 0 Å². The van der Waals surface area contributed by atoms with E-state index in [0.717, 1.165) is 5.56 Å². The second kappa shape index (κ2) is 5.65. The molecule has 1 aromatic carbocycles. The smallest absolute Gasteiger partial charge is 0.723 e. The van der Waals surface area contributed by atoms with Gasteiger partial charge in [0.05, 0.1) is 6.61 Å². The summed E-state index contributed by atoms with van der Waals surface area (Å²) in [5.41, 5.74) is 0.910. The minimum Gasteiger partial charge on any atom is -0.723 e. The van der Waals surface area contributed by atoms with Gasteiger partial charge in [-0.3, -0.25) is 0 Å². The summed E-state index contributed by atoms with van der Waals surface area (Å²) in [4.78, 5) is 3.68. The van der Waals surface area contributed by atoms with E-state index in [9.17, 15) is 5.26 Å². The number of benzene rings is 1. The van der Waals surface area contributed by atoms with Gasteiger partial charge in [-0.15, -0.1) is 0 Å². The van der Waals surface area contributed by atoms with Crippen LogP contribution in [0.4, 0.5) is 0 Å². The molecule has 0 saturated heterocycles. The van der Waals surface area contributed by atoms with Crippen LogP contribution in [0.5, 0.6) is 0 Å². The van der Waals surface area contributed by atoms with Crippen molar-refractivity contribution >= 4 is 0 Å². The minimum absolute atomic E-state index is 0. The molecular weight excluding hydrogens is 224 g/mol. The van der Waals surface area contributed by atoms with Crippen molar-refractivity contribution in [2.45, 2.75) is 6.61 Å². The van der Waals surface area contributed by atoms with Gasteiger partial charge in [-0.2, -0.15) is 0 Å². The number of hydrogen-bond donors (Lipinski definition) is 0. The van der Waals surface area contributed by atoms with Crippen molar-refractivity contribution in [3.05, 3.63) is 35.9 Å². The van der Waals surface area contributed by atoms with Crippen LogP contribution in [0.25, 0.3) is 0 Å². The normalized spacial score (nSPS) is 8.50. The third-order valence-electron chi connectivity index (χ3n) is 1.07. The molecule has 0 atom stereocenters. The van der Waals surface area contributed by atoms with E-state index in [1.807, 2.05) is 30.3 Å². The van der Waals surface area contributed by atoms with Gasteiger partial charge in [0.1, 0.15) is 0 Å². The molecule has 0 aromatic heterocycles. The van der Waals surface area contributed by atoms with Gasteiger partial charge in [0.2, 0.25) is 0 Å². The van der Waals surface area contributed by atoms with Crippen LogP contribution in [0.15, 0.2) is 30.3 Å². The fourth-order valence-electron chi connectivity index (χ4n) is 0.642. The average molecular weight is 231 g/mol. The molecule has 1 aromatic rings. The largest absolute Gasteiger partial charge is 1.00 e. The first-order chi connectivity index (χ1) is 4.43. The maximum Gasteiger partial charge on any atom is 1.00 e. The summed E-state index contributed by atoms with van der Waals surface area (Å²) < 4.78 is 0. The third-order valence-corrected chi connectivity index (χ3v) is 1.07. The average Bonchev–Trinajstić information content (AvgIpc) is 1.91. The van der Waals surface area contributed by atoms with Gasteiger partial charge >= 0.3 is 22.4 Å². The molecule has 0 heterocycles. The van der Waals surface area contributed by atoms with Crippen LogP contribution < -0.4 is 5.26 Å². The van der Waals surface area contributed by atoms with E-state index in [4.69, 9.17) is 0 Å². The monoisotopic (exact) mass is 230 g/mol. The summed E-state index contributed by atoms with van der Waals surface area (Å²) in [6, 6.07) is 9.33. The maximum atomic E-state index is 9.60. The molecule has 0 unspecified atom stereocenters. The Labute approximate surface area is 75.3 Å². The van der Waals surface area contributed by atoms with Crippen LogP contribution in [0.1, 0.15) is 5.56 Å². The molecular formula is C7H7AgO2. The predicted molar refractivity (Wildman–Crippen MR) is 31.2 cm³/mol. The molecule has 58 valence electrons. The molecule has 2 nitrogen and oxygen atoms in total. The fourth-order valence-corrected chi connectivity index (χ4v) is 0.642. The van der Waals surface area contributed by atoms with Crippen LogP contribution >= 0.6 is 0 Å². The zero-order valence-corrected chi connectivity index (χ0v) is 6.69. The summed E-state index contributed by atoms with van der Waals surface area (Å²) in [5, 5.41) is 9.60. The van der Waals surface area contributed by atoms with E-state index < -0.39 is 0 Å². The van der Waals surface area contributed by atoms with Crippen molar-refractivity contribution in [2.75, 3.05) is 0 Å². The van der Waals surface area contributed by atoms with Gasteiger partial charge in [-0.25, -0.2) is 0 Å². The Morgan fingerprint density at radius 2 is 1.80 bits per heavy atom. The quantitative estimate of drug-likeness (QED) is 0.421. The van der Waals surface area contributed by atoms with Crippen molar-refractivity contribution in [3.8, 4) is 0 Å². The molecule has 0 amide bonds. The Morgan fingerprint density at radius 3 is 2.30 bits per heavy atom. The van der Waals surface area contributed by atoms with Gasteiger partial charge in [0.25, 0.3) is 0 Å². The molecule has 0 saturated carbocycles. The maximum absolute atomic E-state index is 9.60. The Balaban J connectivity index is 0.000000810. The SMILES string of the molecule is [Ag+].[O-]OCc1ccccc1. The number of rotatable bonds is 2. The van der Waals surface area contributed by atoms with Crippen molar-refractivity contribution in [1.29, 1.82) is 0 Å². The minimum atomic E-state index is 0. The van der Waals surface area contributed by atoms with Crippen LogP contribution in [-0.2, 0) is 33.9 Å². The van der Waals surface area contributed by atoms with Crippen LogP contribution in [0, 0.1) is 0 Å². The first-order valence-electron chi connectivity index (χ1n) is 2.72. The Bertz CT molecular complexity index is 165. The second-order valence-corrected chi connectivity index (χ2v) is 1.75. The second-order valence-electron chi connectivity index (χ2n) is 1.75. The zero-order chi connectivity index (χ0) is 6.53. The summed E-state index contributed by atoms with van der Waals surface area (Å²) in [7, 11) is 0. The summed E-state index contributed by atoms with van der Waals surface area (Å²) >= 11 is 0. The molecule has 0 aliphatic rings. The molecule has 1 rings (SSSR count). The van der Waals surface area contributed by atoms with Gasteiger partial charge < -0.3 is 10.1 Å². The number of hydrogen-bond acceptors (Lipinski definition) is 2. The molecule has 0 fully saturated rings. The van der Waals surface area contributed by atoms with Gasteiger partial charge in [0, 0.05) is 0 Å². The summed E-state index contributed by atoms with van der Waals surface area (Å²) in [6.07, 6.45) is 0. The van der Waals surface area contributed by atoms with Crippen LogP contribution in [0.3, 0.4) is 0 Å². The summed E-state index contributed by atoms with van der Waals surface area (Å²) in [6.45, 7) is 0.154. The standard InChI is InChI=1S/C7H8O2.Ag/c8-9-6-7-4-2-1-3-5-7;/h1-5,8H,6H2;/q;+1/p-1. The van der Waals surface area contributed by atoms with Crippen molar-refractivity contribution < 1.29 is 32.5 Å². The third kappa shape index (κ3) is 3.15. The van der Waals surface area contributed by atoms with E-state index in [1.54, 1.807) is 0 Å². The molecule has 0 aliphatic carbocycles. The first-order valence-corrected chi connectivity index (χ1v) is 2.72. The molecule has 0 bridgehead atoms. The van der Waals surface area contributed by atoms with E-state index in [2.05, 4.69) is 4.89 Å². The van der Waals surface area contributed by atoms with Crippen molar-refractivity contribution in [1.82, 2.24) is 0 Å². The van der Waals surface area contributed by atoms with E-state index in [1.165, 1.54) is 0 Å². The van der Waals surface area contributed by atoms with Crippen LogP contribution in [-0.4, -0.2) is 0 Å². The topological polar surface area (TPSA) is 32.3 Å². The van der Waals surface area contributed by atoms with Crippen LogP contribution in [0.2, 0.25) is 0 Å². The van der Waals surface area contributed by atoms with Gasteiger partial charge in [-0.05, 0) is 5.56 Å². The molecule has 3 heteroatoms. The molecule has 10 heavy (non-hydrogen) atoms. The predicted octanol–water partition coefficient (Wildman–Crippen LogP) is 0.476. The Hall–Kier alpha value is -0.120. The van der Waals surface area contributed by atoms with E-state index in [0.29, 0.717) is 0 Å². The van der Waals surface area contributed by atoms with Gasteiger partial charge in [0.15, 0.2) is 0 Å². The molecule has 0 radical (unpaired) electrons. The Morgan fingerprint density at radius 1 is 1.20 bits per heavy atom. The fraction of sp³-hybridized carbons (Fsp3) is 0.143. The molecule has 0 N–H and O–H groups in total. The van der Waals surface area contributed by atoms with Crippen molar-refractivity contribution in [2.24, 2.45) is 0 Å². The van der Waals surface area contributed by atoms with E-state index in [-0.39, 0.29) is 29.0 Å². The zero-order valence-electron chi connectivity index (χ0n) is 5.21. The first kappa shape index (κ1) is 9.88. The molecule has 0 spiro atoms. The molecule has 0 aliphatic heterocycles. The summed E-state index contributed by atoms with van der Waals surface area (Å²) in [5.74, 6) is 0. The van der Waals surface area contributed by atoms with E-state index >= 15 is 0 Å². The Kier molecular flexibility index (Phi) is 5.58.